The second kappa shape index (κ2) is 4.56. The largest absolute Gasteiger partial charge is 0.481 e. The van der Waals surface area contributed by atoms with Crippen LogP contribution in [0.2, 0.25) is 0 Å². The molecule has 1 heterocycles. The van der Waals surface area contributed by atoms with Crippen LogP contribution in [0.5, 0.6) is 0 Å². The second-order valence-electron chi connectivity index (χ2n) is 2.54. The van der Waals surface area contributed by atoms with Gasteiger partial charge < -0.3 is 9.52 Å². The van der Waals surface area contributed by atoms with Gasteiger partial charge in [-0.05, 0) is 0 Å². The molecule has 1 aromatic heterocycles. The number of nitrogens with zero attached hydrogens (tertiary/aromatic N) is 1. The second-order valence-corrected chi connectivity index (χ2v) is 3.70. The summed E-state index contributed by atoms with van der Waals surface area (Å²) in [4.78, 5) is 13.7. The molecule has 84 valence electrons. The molecule has 0 spiro atoms. The highest BCUT2D eigenvalue weighted by atomic mass is 32.2. The molecule has 8 heteroatoms. The van der Waals surface area contributed by atoms with Crippen molar-refractivity contribution in [3.05, 3.63) is 12.5 Å². The number of halogens is 3. The molecule has 0 bridgehead atoms. The van der Waals surface area contributed by atoms with Crippen LogP contribution in [0, 0.1) is 0 Å². The lowest BCUT2D eigenvalue weighted by atomic mass is 10.3. The summed E-state index contributed by atoms with van der Waals surface area (Å²) in [6.45, 7) is 0. The maximum absolute atomic E-state index is 12.3. The number of oxazole rings is 1. The number of hydrogen-bond donors (Lipinski definition) is 1. The Morgan fingerprint density at radius 2 is 2.33 bits per heavy atom. The highest BCUT2D eigenvalue weighted by molar-refractivity contribution is 7.99. The fourth-order valence-electron chi connectivity index (χ4n) is 0.773. The topological polar surface area (TPSA) is 63.3 Å². The highest BCUT2D eigenvalue weighted by Gasteiger charge is 2.42. The van der Waals surface area contributed by atoms with E-state index in [1.54, 1.807) is 0 Å². The number of alkyl halides is 3. The molecule has 15 heavy (non-hydrogen) atoms. The smallest absolute Gasteiger partial charge is 0.401 e. The van der Waals surface area contributed by atoms with Crippen molar-refractivity contribution in [2.75, 3.05) is 0 Å². The van der Waals surface area contributed by atoms with Gasteiger partial charge in [-0.3, -0.25) is 4.79 Å². The van der Waals surface area contributed by atoms with Gasteiger partial charge >= 0.3 is 12.1 Å². The fourth-order valence-corrected chi connectivity index (χ4v) is 1.61. The maximum Gasteiger partial charge on any atom is 0.401 e. The summed E-state index contributed by atoms with van der Waals surface area (Å²) in [6, 6.07) is 0. The van der Waals surface area contributed by atoms with Crippen LogP contribution in [0.25, 0.3) is 0 Å². The molecule has 0 aromatic carbocycles. The van der Waals surface area contributed by atoms with E-state index in [1.807, 2.05) is 0 Å². The van der Waals surface area contributed by atoms with Gasteiger partial charge in [0, 0.05) is 0 Å². The third-order valence-corrected chi connectivity index (χ3v) is 2.50. The molecule has 0 aliphatic heterocycles. The van der Waals surface area contributed by atoms with Crippen molar-refractivity contribution >= 4 is 17.7 Å². The molecule has 1 atom stereocenters. The molecule has 1 N–H and O–H groups in total. The van der Waals surface area contributed by atoms with Gasteiger partial charge in [-0.1, -0.05) is 11.8 Å². The van der Waals surface area contributed by atoms with Crippen molar-refractivity contribution < 1.29 is 27.5 Å². The summed E-state index contributed by atoms with van der Waals surface area (Å²) >= 11 is 0.247. The molecule has 0 fully saturated rings. The number of aliphatic carboxylic acids is 1. The zero-order valence-corrected chi connectivity index (χ0v) is 8.01. The molecule has 0 aliphatic carbocycles. The lowest BCUT2D eigenvalue weighted by molar-refractivity contribution is -0.150. The molecule has 0 saturated carbocycles. The molecule has 0 saturated heterocycles. The van der Waals surface area contributed by atoms with Crippen molar-refractivity contribution in [2.45, 2.75) is 23.1 Å². The first-order chi connectivity index (χ1) is 6.89. The number of carboxylic acids is 1. The minimum Gasteiger partial charge on any atom is -0.481 e. The van der Waals surface area contributed by atoms with E-state index in [2.05, 4.69) is 9.40 Å². The minimum atomic E-state index is -4.60. The highest BCUT2D eigenvalue weighted by Crippen LogP contribution is 2.36. The van der Waals surface area contributed by atoms with Gasteiger partial charge in [0.2, 0.25) is 0 Å². The summed E-state index contributed by atoms with van der Waals surface area (Å²) in [6.07, 6.45) is -3.30. The van der Waals surface area contributed by atoms with Crippen LogP contribution in [0.15, 0.2) is 22.1 Å². The predicted octanol–water partition coefficient (Wildman–Crippen LogP) is 2.17. The summed E-state index contributed by atoms with van der Waals surface area (Å²) in [5.74, 6) is -1.52. The molecule has 1 aromatic rings. The quantitative estimate of drug-likeness (QED) is 0.818. The van der Waals surface area contributed by atoms with E-state index in [1.165, 1.54) is 6.20 Å². The van der Waals surface area contributed by atoms with Crippen LogP contribution in [0.4, 0.5) is 13.2 Å². The lowest BCUT2D eigenvalue weighted by Crippen LogP contribution is -2.28. The Balaban J connectivity index is 2.69. The average molecular weight is 241 g/mol. The van der Waals surface area contributed by atoms with Crippen LogP contribution in [0.3, 0.4) is 0 Å². The monoisotopic (exact) mass is 241 g/mol. The minimum absolute atomic E-state index is 0.196. The first-order valence-corrected chi connectivity index (χ1v) is 4.62. The maximum atomic E-state index is 12.3. The number of rotatable bonds is 4. The Morgan fingerprint density at radius 3 is 2.73 bits per heavy atom. The van der Waals surface area contributed by atoms with Crippen LogP contribution in [0.1, 0.15) is 6.42 Å². The Morgan fingerprint density at radius 1 is 1.67 bits per heavy atom. The van der Waals surface area contributed by atoms with E-state index < -0.39 is 23.8 Å². The van der Waals surface area contributed by atoms with Gasteiger partial charge in [0.25, 0.3) is 5.22 Å². The van der Waals surface area contributed by atoms with E-state index in [9.17, 15) is 18.0 Å². The van der Waals surface area contributed by atoms with Crippen molar-refractivity contribution in [3.8, 4) is 0 Å². The van der Waals surface area contributed by atoms with E-state index in [4.69, 9.17) is 5.11 Å². The van der Waals surface area contributed by atoms with Gasteiger partial charge in [0.1, 0.15) is 11.5 Å². The molecule has 4 nitrogen and oxygen atoms in total. The third-order valence-electron chi connectivity index (χ3n) is 1.38. The first kappa shape index (κ1) is 11.9. The van der Waals surface area contributed by atoms with Gasteiger partial charge in [-0.2, -0.15) is 13.2 Å². The zero-order chi connectivity index (χ0) is 11.5. The van der Waals surface area contributed by atoms with E-state index in [0.717, 1.165) is 6.26 Å². The van der Waals surface area contributed by atoms with Crippen LogP contribution in [-0.4, -0.2) is 27.5 Å². The predicted molar refractivity (Wildman–Crippen MR) is 44.5 cm³/mol. The number of aromatic nitrogens is 1. The number of carboxylic acid groups (broad SMARTS) is 1. The molecule has 0 radical (unpaired) electrons. The molecule has 1 unspecified atom stereocenters. The van der Waals surface area contributed by atoms with Crippen molar-refractivity contribution in [2.24, 2.45) is 0 Å². The number of thioether (sulfide) groups is 1. The average Bonchev–Trinajstić information content (AvgIpc) is 2.53. The summed E-state index contributed by atoms with van der Waals surface area (Å²) in [5.41, 5.74) is 0. The summed E-state index contributed by atoms with van der Waals surface area (Å²) < 4.78 is 41.6. The third kappa shape index (κ3) is 3.82. The van der Waals surface area contributed by atoms with Crippen molar-refractivity contribution in [1.82, 2.24) is 4.98 Å². The molecule has 0 aliphatic rings. The Labute approximate surface area is 86.5 Å². The first-order valence-electron chi connectivity index (χ1n) is 3.74. The molecular weight excluding hydrogens is 235 g/mol. The van der Waals surface area contributed by atoms with Gasteiger partial charge in [0.05, 0.1) is 12.6 Å². The summed E-state index contributed by atoms with van der Waals surface area (Å²) in [7, 11) is 0. The lowest BCUT2D eigenvalue weighted by Gasteiger charge is -2.15. The van der Waals surface area contributed by atoms with Gasteiger partial charge in [0.15, 0.2) is 0 Å². The van der Waals surface area contributed by atoms with Crippen LogP contribution in [-0.2, 0) is 4.79 Å². The summed E-state index contributed by atoms with van der Waals surface area (Å²) in [5, 5.41) is 6.07. The van der Waals surface area contributed by atoms with Gasteiger partial charge in [-0.25, -0.2) is 4.98 Å². The number of hydrogen-bond acceptors (Lipinski definition) is 4. The van der Waals surface area contributed by atoms with E-state index >= 15 is 0 Å². The number of carbonyl (C=O) groups is 1. The Bertz CT molecular complexity index is 325. The van der Waals surface area contributed by atoms with Gasteiger partial charge in [-0.15, -0.1) is 0 Å². The molecular formula is C7H6F3NO3S. The van der Waals surface area contributed by atoms with Crippen molar-refractivity contribution in [3.63, 3.8) is 0 Å². The zero-order valence-electron chi connectivity index (χ0n) is 7.19. The SMILES string of the molecule is O=C(O)CC(Sc1ncco1)C(F)(F)F. The molecule has 1 rings (SSSR count). The Hall–Kier alpha value is -1.18. The Kier molecular flexibility index (Phi) is 3.61. The molecule has 0 amide bonds. The van der Waals surface area contributed by atoms with E-state index in [-0.39, 0.29) is 17.0 Å². The van der Waals surface area contributed by atoms with E-state index in [0.29, 0.717) is 0 Å². The van der Waals surface area contributed by atoms with Crippen molar-refractivity contribution in [1.29, 1.82) is 0 Å². The normalized spacial score (nSPS) is 13.8. The fraction of sp³-hybridized carbons (Fsp3) is 0.429. The van der Waals surface area contributed by atoms with Crippen LogP contribution >= 0.6 is 11.8 Å². The standard InChI is InChI=1S/C7H6F3NO3S/c8-7(9,10)4(3-5(12)13)15-6-11-1-2-14-6/h1-2,4H,3H2,(H,12,13). The van der Waals surface area contributed by atoms with Crippen LogP contribution < -0.4 is 0 Å².